The molecule has 0 amide bonds. The molecule has 0 aromatic rings. The summed E-state index contributed by atoms with van der Waals surface area (Å²) < 4.78 is 0. The van der Waals surface area contributed by atoms with Crippen LogP contribution in [0.2, 0.25) is 0 Å². The Bertz CT molecular complexity index is 506. The van der Waals surface area contributed by atoms with Gasteiger partial charge in [0, 0.05) is 5.71 Å². The van der Waals surface area contributed by atoms with E-state index in [1.165, 1.54) is 68.3 Å². The smallest absolute Gasteiger partial charge is 0.0615 e. The van der Waals surface area contributed by atoms with Crippen molar-refractivity contribution in [2.45, 2.75) is 85.5 Å². The van der Waals surface area contributed by atoms with E-state index in [9.17, 15) is 0 Å². The number of hydrogen-bond donors (Lipinski definition) is 1. The van der Waals surface area contributed by atoms with Gasteiger partial charge in [-0.1, -0.05) is 52.0 Å². The van der Waals surface area contributed by atoms with Gasteiger partial charge in [0.25, 0.3) is 0 Å². The molecule has 1 fully saturated rings. The Kier molecular flexibility index (Phi) is 9.11. The number of hydrogen-bond acceptors (Lipinski definition) is 2. The third kappa shape index (κ3) is 7.02. The SMILES string of the molecule is CNCC(CCC(C)=NC1=C(C)CC(C(C)C)C=C1)CC1CCCCC1. The molecule has 0 radical (unpaired) electrons. The van der Waals surface area contributed by atoms with Gasteiger partial charge in [0.1, 0.15) is 0 Å². The van der Waals surface area contributed by atoms with E-state index >= 15 is 0 Å². The minimum Gasteiger partial charge on any atom is -0.319 e. The zero-order valence-corrected chi connectivity index (χ0v) is 18.0. The molecule has 2 unspecified atom stereocenters. The molecule has 2 aliphatic rings. The monoisotopic (exact) mass is 358 g/mol. The van der Waals surface area contributed by atoms with E-state index in [1.54, 1.807) is 0 Å². The molecule has 0 aromatic heterocycles. The molecule has 148 valence electrons. The number of rotatable bonds is 9. The molecule has 2 heteroatoms. The van der Waals surface area contributed by atoms with Gasteiger partial charge < -0.3 is 5.32 Å². The van der Waals surface area contributed by atoms with Crippen molar-refractivity contribution >= 4 is 5.71 Å². The highest BCUT2D eigenvalue weighted by atomic mass is 14.8. The summed E-state index contributed by atoms with van der Waals surface area (Å²) in [5.41, 5.74) is 3.98. The van der Waals surface area contributed by atoms with Crippen LogP contribution in [0.4, 0.5) is 0 Å². The van der Waals surface area contributed by atoms with Crippen molar-refractivity contribution in [2.75, 3.05) is 13.6 Å². The quantitative estimate of drug-likeness (QED) is 0.465. The fourth-order valence-corrected chi connectivity index (χ4v) is 4.63. The van der Waals surface area contributed by atoms with Gasteiger partial charge in [0.2, 0.25) is 0 Å². The fraction of sp³-hybridized carbons (Fsp3) is 0.792. The highest BCUT2D eigenvalue weighted by molar-refractivity contribution is 5.83. The molecule has 2 atom stereocenters. The topological polar surface area (TPSA) is 24.4 Å². The lowest BCUT2D eigenvalue weighted by atomic mass is 9.81. The van der Waals surface area contributed by atoms with Gasteiger partial charge >= 0.3 is 0 Å². The predicted octanol–water partition coefficient (Wildman–Crippen LogP) is 6.54. The molecule has 0 aromatic carbocycles. The fourth-order valence-electron chi connectivity index (χ4n) is 4.63. The number of nitrogens with zero attached hydrogens (tertiary/aromatic N) is 1. The number of nitrogens with one attached hydrogen (secondary N) is 1. The normalized spacial score (nSPS) is 23.8. The molecule has 0 heterocycles. The summed E-state index contributed by atoms with van der Waals surface area (Å²) in [5, 5.41) is 3.42. The molecule has 0 aliphatic heterocycles. The summed E-state index contributed by atoms with van der Waals surface area (Å²) in [6.45, 7) is 10.3. The first-order valence-corrected chi connectivity index (χ1v) is 11.1. The van der Waals surface area contributed by atoms with E-state index in [-0.39, 0.29) is 0 Å². The first-order chi connectivity index (χ1) is 12.5. The third-order valence-electron chi connectivity index (χ3n) is 6.45. The molecule has 2 nitrogen and oxygen atoms in total. The Hall–Kier alpha value is -0.890. The van der Waals surface area contributed by atoms with Crippen molar-refractivity contribution in [3.8, 4) is 0 Å². The van der Waals surface area contributed by atoms with Crippen LogP contribution in [-0.2, 0) is 0 Å². The van der Waals surface area contributed by atoms with Crippen molar-refractivity contribution in [2.24, 2.45) is 28.7 Å². The van der Waals surface area contributed by atoms with Crippen molar-refractivity contribution < 1.29 is 0 Å². The highest BCUT2D eigenvalue weighted by Gasteiger charge is 2.19. The van der Waals surface area contributed by atoms with Crippen LogP contribution in [0.25, 0.3) is 0 Å². The van der Waals surface area contributed by atoms with Crippen LogP contribution in [0.5, 0.6) is 0 Å². The lowest BCUT2D eigenvalue weighted by molar-refractivity contribution is 0.277. The maximum absolute atomic E-state index is 4.98. The minimum absolute atomic E-state index is 0.685. The molecule has 0 bridgehead atoms. The van der Waals surface area contributed by atoms with Crippen LogP contribution in [0.3, 0.4) is 0 Å². The van der Waals surface area contributed by atoms with Gasteiger partial charge in [-0.15, -0.1) is 0 Å². The third-order valence-corrected chi connectivity index (χ3v) is 6.45. The molecular weight excluding hydrogens is 316 g/mol. The van der Waals surface area contributed by atoms with Crippen LogP contribution in [0, 0.1) is 23.7 Å². The first-order valence-electron chi connectivity index (χ1n) is 11.1. The summed E-state index contributed by atoms with van der Waals surface area (Å²) in [7, 11) is 2.10. The van der Waals surface area contributed by atoms with Crippen LogP contribution in [0.1, 0.15) is 85.5 Å². The molecular formula is C24H42N2. The molecule has 0 spiro atoms. The van der Waals surface area contributed by atoms with E-state index in [2.05, 4.69) is 52.2 Å². The molecule has 0 saturated heterocycles. The van der Waals surface area contributed by atoms with Gasteiger partial charge in [-0.2, -0.15) is 0 Å². The zero-order valence-electron chi connectivity index (χ0n) is 18.0. The number of aliphatic imine (C=N–C) groups is 1. The Morgan fingerprint density at radius 1 is 1.23 bits per heavy atom. The Balaban J connectivity index is 1.86. The van der Waals surface area contributed by atoms with E-state index < -0.39 is 0 Å². The lowest BCUT2D eigenvalue weighted by Gasteiger charge is -2.26. The van der Waals surface area contributed by atoms with Crippen molar-refractivity contribution in [3.05, 3.63) is 23.4 Å². The van der Waals surface area contributed by atoms with E-state index in [0.29, 0.717) is 5.92 Å². The minimum atomic E-state index is 0.685. The second-order valence-electron chi connectivity index (χ2n) is 9.19. The van der Waals surface area contributed by atoms with E-state index in [0.717, 1.165) is 30.7 Å². The van der Waals surface area contributed by atoms with Crippen molar-refractivity contribution in [1.29, 1.82) is 0 Å². The molecule has 2 rings (SSSR count). The molecule has 2 aliphatic carbocycles. The number of allylic oxidation sites excluding steroid dienone is 3. The van der Waals surface area contributed by atoms with Crippen molar-refractivity contribution in [3.63, 3.8) is 0 Å². The van der Waals surface area contributed by atoms with Gasteiger partial charge in [-0.3, -0.25) is 4.99 Å². The molecule has 1 saturated carbocycles. The largest absolute Gasteiger partial charge is 0.319 e. The summed E-state index contributed by atoms with van der Waals surface area (Å²) in [5.74, 6) is 3.17. The van der Waals surface area contributed by atoms with Gasteiger partial charge in [0.05, 0.1) is 5.70 Å². The van der Waals surface area contributed by atoms with Gasteiger partial charge in [-0.05, 0) is 88.4 Å². The average Bonchev–Trinajstić information content (AvgIpc) is 2.62. The van der Waals surface area contributed by atoms with Crippen LogP contribution < -0.4 is 5.32 Å². The molecule has 1 N–H and O–H groups in total. The van der Waals surface area contributed by atoms with Crippen molar-refractivity contribution in [1.82, 2.24) is 5.32 Å². The van der Waals surface area contributed by atoms with E-state index in [4.69, 9.17) is 4.99 Å². The second kappa shape index (κ2) is 11.1. The lowest BCUT2D eigenvalue weighted by Crippen LogP contribution is -2.23. The van der Waals surface area contributed by atoms with Gasteiger partial charge in [-0.25, -0.2) is 0 Å². The maximum atomic E-state index is 4.98. The highest BCUT2D eigenvalue weighted by Crippen LogP contribution is 2.31. The van der Waals surface area contributed by atoms with Gasteiger partial charge in [0.15, 0.2) is 0 Å². The predicted molar refractivity (Wildman–Crippen MR) is 116 cm³/mol. The second-order valence-corrected chi connectivity index (χ2v) is 9.19. The van der Waals surface area contributed by atoms with Crippen LogP contribution in [0.15, 0.2) is 28.4 Å². The van der Waals surface area contributed by atoms with Crippen LogP contribution in [-0.4, -0.2) is 19.3 Å². The zero-order chi connectivity index (χ0) is 18.9. The summed E-state index contributed by atoms with van der Waals surface area (Å²) in [6.07, 6.45) is 16.9. The average molecular weight is 359 g/mol. The first kappa shape index (κ1) is 21.4. The summed E-state index contributed by atoms with van der Waals surface area (Å²) in [4.78, 5) is 4.98. The summed E-state index contributed by atoms with van der Waals surface area (Å²) >= 11 is 0. The standard InChI is InChI=1S/C24H42N2/c1-18(2)23-13-14-24(19(3)15-23)26-20(4)11-12-22(17-25-5)16-21-9-7-6-8-10-21/h13-14,18,21-23,25H,6-12,15-17H2,1-5H3. The van der Waals surface area contributed by atoms with Crippen LogP contribution >= 0.6 is 0 Å². The Labute approximate surface area is 162 Å². The summed E-state index contributed by atoms with van der Waals surface area (Å²) in [6, 6.07) is 0. The Morgan fingerprint density at radius 3 is 2.58 bits per heavy atom. The maximum Gasteiger partial charge on any atom is 0.0615 e. The molecule has 26 heavy (non-hydrogen) atoms. The Morgan fingerprint density at radius 2 is 1.96 bits per heavy atom. The van der Waals surface area contributed by atoms with E-state index in [1.807, 2.05) is 0 Å².